The van der Waals surface area contributed by atoms with Gasteiger partial charge in [0, 0.05) is 16.7 Å². The van der Waals surface area contributed by atoms with Crippen molar-refractivity contribution < 1.29 is 0 Å². The standard InChI is InChI=1S/C51H33N3/c1-4-15-34(16-5-1)42-30-37-21-10-11-24-43(37)47(33-42)38-22-14-23-40(29-38)50-52-49(36-19-8-3-9-20-36)53-51(54-50)41-28-27-39-31-46(35-17-6-2-7-18-35)44-25-12-13-26-45(44)48(39)32-41/h1-33H. The lowest BCUT2D eigenvalue weighted by atomic mass is 9.92. The summed E-state index contributed by atoms with van der Waals surface area (Å²) in [5.74, 6) is 1.91. The fraction of sp³-hybridized carbons (Fsp3) is 0. The van der Waals surface area contributed by atoms with E-state index < -0.39 is 0 Å². The predicted octanol–water partition coefficient (Wildman–Crippen LogP) is 13.3. The summed E-state index contributed by atoms with van der Waals surface area (Å²) in [5.41, 5.74) is 9.90. The van der Waals surface area contributed by atoms with Gasteiger partial charge in [0.05, 0.1) is 0 Å². The zero-order valence-electron chi connectivity index (χ0n) is 29.4. The molecule has 0 aliphatic rings. The van der Waals surface area contributed by atoms with Gasteiger partial charge in [-0.2, -0.15) is 0 Å². The largest absolute Gasteiger partial charge is 0.208 e. The zero-order valence-corrected chi connectivity index (χ0v) is 29.4. The number of hydrogen-bond acceptors (Lipinski definition) is 3. The second-order valence-corrected chi connectivity index (χ2v) is 13.6. The van der Waals surface area contributed by atoms with E-state index in [1.807, 2.05) is 18.2 Å². The molecule has 0 aliphatic carbocycles. The Hall–Kier alpha value is -7.23. The summed E-state index contributed by atoms with van der Waals surface area (Å²) in [5, 5.41) is 7.16. The van der Waals surface area contributed by atoms with Crippen molar-refractivity contribution in [3.8, 4) is 67.5 Å². The highest BCUT2D eigenvalue weighted by molar-refractivity contribution is 6.14. The Labute approximate surface area is 313 Å². The molecule has 252 valence electrons. The van der Waals surface area contributed by atoms with Gasteiger partial charge >= 0.3 is 0 Å². The molecular formula is C51H33N3. The van der Waals surface area contributed by atoms with Crippen molar-refractivity contribution >= 4 is 32.3 Å². The van der Waals surface area contributed by atoms with Gasteiger partial charge in [-0.15, -0.1) is 0 Å². The van der Waals surface area contributed by atoms with Crippen molar-refractivity contribution in [3.05, 3.63) is 200 Å². The average Bonchev–Trinajstić information content (AvgIpc) is 3.26. The van der Waals surface area contributed by atoms with Crippen molar-refractivity contribution in [2.24, 2.45) is 0 Å². The molecule has 0 fully saturated rings. The van der Waals surface area contributed by atoms with E-state index in [0.29, 0.717) is 17.5 Å². The lowest BCUT2D eigenvalue weighted by Gasteiger charge is -2.14. The minimum atomic E-state index is 0.633. The second-order valence-electron chi connectivity index (χ2n) is 13.6. The van der Waals surface area contributed by atoms with E-state index in [-0.39, 0.29) is 0 Å². The maximum atomic E-state index is 5.19. The Balaban J connectivity index is 1.14. The van der Waals surface area contributed by atoms with Gasteiger partial charge in [0.15, 0.2) is 17.5 Å². The van der Waals surface area contributed by atoms with Crippen LogP contribution in [0.5, 0.6) is 0 Å². The molecular weight excluding hydrogens is 655 g/mol. The number of fused-ring (bicyclic) bond motifs is 4. The maximum absolute atomic E-state index is 5.19. The monoisotopic (exact) mass is 687 g/mol. The van der Waals surface area contributed by atoms with Crippen LogP contribution in [0.4, 0.5) is 0 Å². The molecule has 10 aromatic rings. The lowest BCUT2D eigenvalue weighted by Crippen LogP contribution is -2.00. The number of aromatic nitrogens is 3. The van der Waals surface area contributed by atoms with Gasteiger partial charge in [-0.1, -0.05) is 170 Å². The SMILES string of the molecule is c1ccc(-c2cc(-c3cccc(-c4nc(-c5ccccc5)nc(-c5ccc6cc(-c7ccccc7)c7ccccc7c6c5)n4)c3)c3ccccc3c2)cc1. The van der Waals surface area contributed by atoms with E-state index in [0.717, 1.165) is 27.6 Å². The third kappa shape index (κ3) is 5.78. The Morgan fingerprint density at radius 2 is 0.722 bits per heavy atom. The molecule has 0 spiro atoms. The van der Waals surface area contributed by atoms with Crippen LogP contribution in [0.2, 0.25) is 0 Å². The van der Waals surface area contributed by atoms with Gasteiger partial charge in [0.1, 0.15) is 0 Å². The summed E-state index contributed by atoms with van der Waals surface area (Å²) in [6, 6.07) is 70.6. The Morgan fingerprint density at radius 3 is 1.44 bits per heavy atom. The fourth-order valence-electron chi connectivity index (χ4n) is 7.62. The van der Waals surface area contributed by atoms with Crippen LogP contribution in [0.3, 0.4) is 0 Å². The molecule has 0 bridgehead atoms. The topological polar surface area (TPSA) is 38.7 Å². The summed E-state index contributed by atoms with van der Waals surface area (Å²) in [6.45, 7) is 0. The molecule has 0 saturated carbocycles. The normalized spacial score (nSPS) is 11.3. The van der Waals surface area contributed by atoms with Crippen molar-refractivity contribution in [3.63, 3.8) is 0 Å². The van der Waals surface area contributed by atoms with E-state index >= 15 is 0 Å². The second kappa shape index (κ2) is 13.4. The maximum Gasteiger partial charge on any atom is 0.164 e. The summed E-state index contributed by atoms with van der Waals surface area (Å²) in [7, 11) is 0. The number of rotatable bonds is 6. The fourth-order valence-corrected chi connectivity index (χ4v) is 7.62. The Bertz CT molecular complexity index is 2970. The van der Waals surface area contributed by atoms with Crippen LogP contribution in [-0.4, -0.2) is 15.0 Å². The first-order chi connectivity index (χ1) is 26.7. The van der Waals surface area contributed by atoms with Crippen LogP contribution < -0.4 is 0 Å². The molecule has 0 unspecified atom stereocenters. The number of nitrogens with zero attached hydrogens (tertiary/aromatic N) is 3. The van der Waals surface area contributed by atoms with Gasteiger partial charge in [0.2, 0.25) is 0 Å². The molecule has 1 aromatic heterocycles. The smallest absolute Gasteiger partial charge is 0.164 e. The van der Waals surface area contributed by atoms with Crippen LogP contribution >= 0.6 is 0 Å². The highest BCUT2D eigenvalue weighted by atomic mass is 15.0. The van der Waals surface area contributed by atoms with Gasteiger partial charge in [-0.25, -0.2) is 15.0 Å². The minimum Gasteiger partial charge on any atom is -0.208 e. The zero-order chi connectivity index (χ0) is 35.8. The van der Waals surface area contributed by atoms with E-state index in [9.17, 15) is 0 Å². The summed E-state index contributed by atoms with van der Waals surface area (Å²) in [4.78, 5) is 15.4. The third-order valence-corrected chi connectivity index (χ3v) is 10.3. The third-order valence-electron chi connectivity index (χ3n) is 10.3. The van der Waals surface area contributed by atoms with Crippen molar-refractivity contribution in [1.29, 1.82) is 0 Å². The molecule has 10 rings (SSSR count). The van der Waals surface area contributed by atoms with E-state index in [1.165, 1.54) is 54.7 Å². The van der Waals surface area contributed by atoms with E-state index in [4.69, 9.17) is 15.0 Å². The molecule has 54 heavy (non-hydrogen) atoms. The number of benzene rings is 9. The van der Waals surface area contributed by atoms with Crippen molar-refractivity contribution in [2.75, 3.05) is 0 Å². The van der Waals surface area contributed by atoms with E-state index in [2.05, 4.69) is 182 Å². The quantitative estimate of drug-likeness (QED) is 0.163. The molecule has 0 radical (unpaired) electrons. The summed E-state index contributed by atoms with van der Waals surface area (Å²) in [6.07, 6.45) is 0. The van der Waals surface area contributed by atoms with Crippen LogP contribution in [-0.2, 0) is 0 Å². The molecule has 0 saturated heterocycles. The van der Waals surface area contributed by atoms with Gasteiger partial charge in [0.25, 0.3) is 0 Å². The Morgan fingerprint density at radius 1 is 0.222 bits per heavy atom. The van der Waals surface area contributed by atoms with Crippen LogP contribution in [0, 0.1) is 0 Å². The average molecular weight is 688 g/mol. The van der Waals surface area contributed by atoms with Crippen molar-refractivity contribution in [1.82, 2.24) is 15.0 Å². The molecule has 1 heterocycles. The highest BCUT2D eigenvalue weighted by Gasteiger charge is 2.16. The van der Waals surface area contributed by atoms with Gasteiger partial charge < -0.3 is 0 Å². The first-order valence-electron chi connectivity index (χ1n) is 18.3. The predicted molar refractivity (Wildman–Crippen MR) is 225 cm³/mol. The first-order valence-corrected chi connectivity index (χ1v) is 18.3. The number of hydrogen-bond donors (Lipinski definition) is 0. The Kier molecular flexibility index (Phi) is 7.81. The highest BCUT2D eigenvalue weighted by Crippen LogP contribution is 2.38. The molecule has 0 N–H and O–H groups in total. The van der Waals surface area contributed by atoms with Crippen LogP contribution in [0.15, 0.2) is 200 Å². The minimum absolute atomic E-state index is 0.633. The van der Waals surface area contributed by atoms with E-state index in [1.54, 1.807) is 0 Å². The first kappa shape index (κ1) is 31.5. The molecule has 0 aliphatic heterocycles. The van der Waals surface area contributed by atoms with Gasteiger partial charge in [-0.3, -0.25) is 0 Å². The molecule has 0 amide bonds. The van der Waals surface area contributed by atoms with Crippen LogP contribution in [0.25, 0.3) is 99.9 Å². The molecule has 3 heteroatoms. The van der Waals surface area contributed by atoms with Crippen LogP contribution in [0.1, 0.15) is 0 Å². The lowest BCUT2D eigenvalue weighted by molar-refractivity contribution is 1.07. The van der Waals surface area contributed by atoms with Crippen molar-refractivity contribution in [2.45, 2.75) is 0 Å². The van der Waals surface area contributed by atoms with Gasteiger partial charge in [-0.05, 0) is 96.0 Å². The molecule has 0 atom stereocenters. The summed E-state index contributed by atoms with van der Waals surface area (Å²) >= 11 is 0. The summed E-state index contributed by atoms with van der Waals surface area (Å²) < 4.78 is 0. The molecule has 9 aromatic carbocycles. The molecule has 3 nitrogen and oxygen atoms in total.